The standard InChI is InChI=1S/C12H28N2/c1-6-9-13-11(3)8-10-14(5)12(4)7-2/h11-13H,6-10H2,1-5H3. The van der Waals surface area contributed by atoms with Crippen molar-refractivity contribution in [1.82, 2.24) is 10.2 Å². The van der Waals surface area contributed by atoms with Gasteiger partial charge in [-0.3, -0.25) is 0 Å². The maximum absolute atomic E-state index is 3.52. The van der Waals surface area contributed by atoms with E-state index in [9.17, 15) is 0 Å². The third-order valence-electron chi connectivity index (χ3n) is 3.00. The summed E-state index contributed by atoms with van der Waals surface area (Å²) in [5.41, 5.74) is 0. The van der Waals surface area contributed by atoms with Crippen molar-refractivity contribution in [2.75, 3.05) is 20.1 Å². The lowest BCUT2D eigenvalue weighted by molar-refractivity contribution is 0.239. The SMILES string of the molecule is CCCNC(C)CCN(C)C(C)CC. The van der Waals surface area contributed by atoms with E-state index in [-0.39, 0.29) is 0 Å². The molecule has 0 aromatic carbocycles. The normalized spacial score (nSPS) is 15.9. The van der Waals surface area contributed by atoms with Crippen molar-refractivity contribution in [2.45, 2.75) is 59.0 Å². The van der Waals surface area contributed by atoms with E-state index in [0.29, 0.717) is 12.1 Å². The zero-order chi connectivity index (χ0) is 11.0. The molecular formula is C12H28N2. The Morgan fingerprint density at radius 3 is 2.36 bits per heavy atom. The van der Waals surface area contributed by atoms with Crippen LogP contribution in [0.1, 0.15) is 47.0 Å². The maximum Gasteiger partial charge on any atom is 0.00612 e. The van der Waals surface area contributed by atoms with E-state index < -0.39 is 0 Å². The van der Waals surface area contributed by atoms with Crippen LogP contribution in [0.25, 0.3) is 0 Å². The van der Waals surface area contributed by atoms with Gasteiger partial charge in [0.05, 0.1) is 0 Å². The zero-order valence-electron chi connectivity index (χ0n) is 10.6. The Bertz CT molecular complexity index is 125. The molecule has 0 aliphatic rings. The average molecular weight is 200 g/mol. The molecule has 0 heterocycles. The Balaban J connectivity index is 3.50. The molecule has 0 radical (unpaired) electrons. The number of hydrogen-bond acceptors (Lipinski definition) is 2. The third-order valence-corrected chi connectivity index (χ3v) is 3.00. The summed E-state index contributed by atoms with van der Waals surface area (Å²) in [6.07, 6.45) is 3.72. The van der Waals surface area contributed by atoms with Crippen molar-refractivity contribution in [3.63, 3.8) is 0 Å². The second-order valence-corrected chi connectivity index (χ2v) is 4.38. The van der Waals surface area contributed by atoms with Crippen LogP contribution in [0.15, 0.2) is 0 Å². The average Bonchev–Trinajstić information content (AvgIpc) is 2.21. The first-order chi connectivity index (χ1) is 6.61. The molecule has 2 nitrogen and oxygen atoms in total. The molecule has 1 N–H and O–H groups in total. The van der Waals surface area contributed by atoms with Gasteiger partial charge in [0.25, 0.3) is 0 Å². The largest absolute Gasteiger partial charge is 0.314 e. The van der Waals surface area contributed by atoms with Crippen molar-refractivity contribution in [3.05, 3.63) is 0 Å². The van der Waals surface area contributed by atoms with Crippen LogP contribution in [0.2, 0.25) is 0 Å². The molecule has 2 unspecified atom stereocenters. The lowest BCUT2D eigenvalue weighted by atomic mass is 10.2. The van der Waals surface area contributed by atoms with Gasteiger partial charge in [-0.1, -0.05) is 13.8 Å². The minimum atomic E-state index is 0.654. The van der Waals surface area contributed by atoms with Gasteiger partial charge in [-0.05, 0) is 53.2 Å². The van der Waals surface area contributed by atoms with Gasteiger partial charge < -0.3 is 10.2 Å². The van der Waals surface area contributed by atoms with Crippen molar-refractivity contribution in [3.8, 4) is 0 Å². The molecule has 0 aromatic heterocycles. The van der Waals surface area contributed by atoms with Crippen LogP contribution >= 0.6 is 0 Å². The Morgan fingerprint density at radius 1 is 1.21 bits per heavy atom. The van der Waals surface area contributed by atoms with Crippen LogP contribution in [0.4, 0.5) is 0 Å². The van der Waals surface area contributed by atoms with Gasteiger partial charge in [-0.25, -0.2) is 0 Å². The predicted octanol–water partition coefficient (Wildman–Crippen LogP) is 2.49. The molecule has 0 fully saturated rings. The Morgan fingerprint density at radius 2 is 1.86 bits per heavy atom. The third kappa shape index (κ3) is 6.39. The highest BCUT2D eigenvalue weighted by Crippen LogP contribution is 2.02. The molecule has 2 heteroatoms. The summed E-state index contributed by atoms with van der Waals surface area (Å²) in [6, 6.07) is 1.37. The van der Waals surface area contributed by atoms with Crippen LogP contribution in [0.5, 0.6) is 0 Å². The molecule has 0 bridgehead atoms. The van der Waals surface area contributed by atoms with E-state index in [1.165, 1.54) is 25.8 Å². The van der Waals surface area contributed by atoms with Gasteiger partial charge in [0, 0.05) is 12.1 Å². The van der Waals surface area contributed by atoms with Gasteiger partial charge in [0.15, 0.2) is 0 Å². The molecule has 0 rings (SSSR count). The first-order valence-corrected chi connectivity index (χ1v) is 6.05. The quantitative estimate of drug-likeness (QED) is 0.647. The summed E-state index contributed by atoms with van der Waals surface area (Å²) in [5, 5.41) is 3.52. The van der Waals surface area contributed by atoms with Gasteiger partial charge in [-0.2, -0.15) is 0 Å². The van der Waals surface area contributed by atoms with E-state index in [1.54, 1.807) is 0 Å². The molecule has 14 heavy (non-hydrogen) atoms. The van der Waals surface area contributed by atoms with Crippen molar-refractivity contribution in [2.24, 2.45) is 0 Å². The van der Waals surface area contributed by atoms with Crippen LogP contribution < -0.4 is 5.32 Å². The van der Waals surface area contributed by atoms with Crippen LogP contribution in [0.3, 0.4) is 0 Å². The zero-order valence-corrected chi connectivity index (χ0v) is 10.6. The lowest BCUT2D eigenvalue weighted by Crippen LogP contribution is -2.34. The van der Waals surface area contributed by atoms with Gasteiger partial charge in [-0.15, -0.1) is 0 Å². The first-order valence-electron chi connectivity index (χ1n) is 6.05. The smallest absolute Gasteiger partial charge is 0.00612 e. The van der Waals surface area contributed by atoms with Crippen LogP contribution in [-0.2, 0) is 0 Å². The number of rotatable bonds is 8. The molecule has 0 spiro atoms. The predicted molar refractivity (Wildman–Crippen MR) is 64.8 cm³/mol. The molecule has 0 saturated heterocycles. The van der Waals surface area contributed by atoms with E-state index in [0.717, 1.165) is 6.54 Å². The fourth-order valence-electron chi connectivity index (χ4n) is 1.42. The summed E-state index contributed by atoms with van der Waals surface area (Å²) >= 11 is 0. The molecule has 0 amide bonds. The summed E-state index contributed by atoms with van der Waals surface area (Å²) < 4.78 is 0. The van der Waals surface area contributed by atoms with Crippen LogP contribution in [0, 0.1) is 0 Å². The fourth-order valence-corrected chi connectivity index (χ4v) is 1.42. The van der Waals surface area contributed by atoms with E-state index in [4.69, 9.17) is 0 Å². The second-order valence-electron chi connectivity index (χ2n) is 4.38. The van der Waals surface area contributed by atoms with Gasteiger partial charge in [0.2, 0.25) is 0 Å². The highest BCUT2D eigenvalue weighted by molar-refractivity contribution is 4.66. The van der Waals surface area contributed by atoms with Crippen molar-refractivity contribution in [1.29, 1.82) is 0 Å². The molecule has 0 aliphatic carbocycles. The second kappa shape index (κ2) is 8.25. The minimum absolute atomic E-state index is 0.654. The molecule has 2 atom stereocenters. The topological polar surface area (TPSA) is 15.3 Å². The number of nitrogens with zero attached hydrogens (tertiary/aromatic N) is 1. The monoisotopic (exact) mass is 200 g/mol. The van der Waals surface area contributed by atoms with Crippen molar-refractivity contribution >= 4 is 0 Å². The maximum atomic E-state index is 3.52. The molecule has 0 aromatic rings. The molecule has 86 valence electrons. The van der Waals surface area contributed by atoms with E-state index in [1.807, 2.05) is 0 Å². The van der Waals surface area contributed by atoms with Crippen LogP contribution in [-0.4, -0.2) is 37.1 Å². The Kier molecular flexibility index (Phi) is 8.20. The summed E-state index contributed by atoms with van der Waals surface area (Å²) in [6.45, 7) is 11.4. The van der Waals surface area contributed by atoms with E-state index in [2.05, 4.69) is 45.0 Å². The van der Waals surface area contributed by atoms with Gasteiger partial charge in [0.1, 0.15) is 0 Å². The highest BCUT2D eigenvalue weighted by atomic mass is 15.1. The van der Waals surface area contributed by atoms with E-state index >= 15 is 0 Å². The summed E-state index contributed by atoms with van der Waals surface area (Å²) in [5.74, 6) is 0. The fraction of sp³-hybridized carbons (Fsp3) is 1.00. The van der Waals surface area contributed by atoms with Crippen molar-refractivity contribution < 1.29 is 0 Å². The highest BCUT2D eigenvalue weighted by Gasteiger charge is 2.08. The minimum Gasteiger partial charge on any atom is -0.314 e. The molecule has 0 saturated carbocycles. The molecule has 0 aliphatic heterocycles. The lowest BCUT2D eigenvalue weighted by Gasteiger charge is -2.25. The Hall–Kier alpha value is -0.0800. The number of hydrogen-bond donors (Lipinski definition) is 1. The summed E-state index contributed by atoms with van der Waals surface area (Å²) in [4.78, 5) is 2.45. The Labute approximate surface area is 90.1 Å². The first kappa shape index (κ1) is 13.9. The van der Waals surface area contributed by atoms with Gasteiger partial charge >= 0.3 is 0 Å². The summed E-state index contributed by atoms with van der Waals surface area (Å²) in [7, 11) is 2.22. The molecular weight excluding hydrogens is 172 g/mol. The number of nitrogens with one attached hydrogen (secondary N) is 1.